The summed E-state index contributed by atoms with van der Waals surface area (Å²) in [5, 5.41) is 7.99. The molecule has 0 atom stereocenters. The predicted octanol–water partition coefficient (Wildman–Crippen LogP) is 7.43. The summed E-state index contributed by atoms with van der Waals surface area (Å²) in [6, 6.07) is 30.9. The fourth-order valence-corrected chi connectivity index (χ4v) is 4.16. The van der Waals surface area contributed by atoms with Crippen LogP contribution in [0.25, 0.3) is 43.4 Å². The number of rotatable bonds is 1. The molecule has 5 rings (SSSR count). The summed E-state index contributed by atoms with van der Waals surface area (Å²) in [5.74, 6) is 0. The van der Waals surface area contributed by atoms with Crippen LogP contribution in [-0.4, -0.2) is 0 Å². The lowest BCUT2D eigenvalue weighted by atomic mass is 9.91. The maximum Gasteiger partial charge on any atom is -0.0139 e. The van der Waals surface area contributed by atoms with E-state index >= 15 is 0 Å². The minimum absolute atomic E-state index is 1.27. The molecule has 0 aromatic heterocycles. The minimum Gasteiger partial charge on any atom is -0.0616 e. The van der Waals surface area contributed by atoms with E-state index in [1.54, 1.807) is 0 Å². The Morgan fingerprint density at radius 1 is 0.423 bits per heavy atom. The number of hydrogen-bond acceptors (Lipinski definition) is 0. The zero-order valence-corrected chi connectivity index (χ0v) is 15.1. The molecule has 0 unspecified atom stereocenters. The molecule has 0 heteroatoms. The Kier molecular flexibility index (Phi) is 3.33. The van der Waals surface area contributed by atoms with E-state index in [1.165, 1.54) is 54.6 Å². The van der Waals surface area contributed by atoms with Crippen molar-refractivity contribution in [1.82, 2.24) is 0 Å². The van der Waals surface area contributed by atoms with Crippen LogP contribution in [0.15, 0.2) is 84.9 Å². The molecule has 5 aromatic carbocycles. The molecule has 124 valence electrons. The Bertz CT molecular complexity index is 1290. The lowest BCUT2D eigenvalue weighted by Gasteiger charge is -2.13. The van der Waals surface area contributed by atoms with Crippen molar-refractivity contribution in [3.05, 3.63) is 96.1 Å². The Hall–Kier alpha value is -3.12. The SMILES string of the molecule is Cc1c2ccccc2c(C)c2cc(-c3ccc4ccccc4c3)ccc12. The molecule has 26 heavy (non-hydrogen) atoms. The first-order chi connectivity index (χ1) is 12.7. The second-order valence-electron chi connectivity index (χ2n) is 7.12. The van der Waals surface area contributed by atoms with Crippen molar-refractivity contribution >= 4 is 32.3 Å². The van der Waals surface area contributed by atoms with Gasteiger partial charge in [-0.1, -0.05) is 72.8 Å². The highest BCUT2D eigenvalue weighted by molar-refractivity contribution is 6.06. The van der Waals surface area contributed by atoms with Crippen molar-refractivity contribution in [3.63, 3.8) is 0 Å². The van der Waals surface area contributed by atoms with Gasteiger partial charge in [0.05, 0.1) is 0 Å². The molecule has 0 N–H and O–H groups in total. The Morgan fingerprint density at radius 3 is 1.73 bits per heavy atom. The molecule has 0 aliphatic carbocycles. The van der Waals surface area contributed by atoms with E-state index < -0.39 is 0 Å². The maximum atomic E-state index is 2.36. The third-order valence-corrected chi connectivity index (χ3v) is 5.65. The molecule has 0 radical (unpaired) electrons. The van der Waals surface area contributed by atoms with E-state index in [1.807, 2.05) is 0 Å². The van der Waals surface area contributed by atoms with E-state index in [0.717, 1.165) is 0 Å². The molecular weight excluding hydrogens is 312 g/mol. The lowest BCUT2D eigenvalue weighted by Crippen LogP contribution is -1.89. The zero-order valence-electron chi connectivity index (χ0n) is 15.1. The van der Waals surface area contributed by atoms with Crippen molar-refractivity contribution in [2.45, 2.75) is 13.8 Å². The van der Waals surface area contributed by atoms with Gasteiger partial charge in [0.15, 0.2) is 0 Å². The highest BCUT2D eigenvalue weighted by Gasteiger charge is 2.10. The van der Waals surface area contributed by atoms with Gasteiger partial charge in [0.1, 0.15) is 0 Å². The van der Waals surface area contributed by atoms with Crippen molar-refractivity contribution in [3.8, 4) is 11.1 Å². The van der Waals surface area contributed by atoms with Crippen LogP contribution in [0.4, 0.5) is 0 Å². The van der Waals surface area contributed by atoms with Gasteiger partial charge in [-0.05, 0) is 80.6 Å². The molecule has 0 saturated carbocycles. The average molecular weight is 332 g/mol. The van der Waals surface area contributed by atoms with Gasteiger partial charge in [-0.3, -0.25) is 0 Å². The third-order valence-electron chi connectivity index (χ3n) is 5.65. The van der Waals surface area contributed by atoms with Crippen LogP contribution in [0.2, 0.25) is 0 Å². The molecule has 0 amide bonds. The fourth-order valence-electron chi connectivity index (χ4n) is 4.16. The van der Waals surface area contributed by atoms with Gasteiger partial charge >= 0.3 is 0 Å². The van der Waals surface area contributed by atoms with Crippen LogP contribution < -0.4 is 0 Å². The normalized spacial score (nSPS) is 11.5. The molecule has 0 heterocycles. The largest absolute Gasteiger partial charge is 0.0616 e. The van der Waals surface area contributed by atoms with Gasteiger partial charge in [0.25, 0.3) is 0 Å². The van der Waals surface area contributed by atoms with Gasteiger partial charge in [0.2, 0.25) is 0 Å². The van der Waals surface area contributed by atoms with E-state index in [0.29, 0.717) is 0 Å². The van der Waals surface area contributed by atoms with Gasteiger partial charge in [-0.2, -0.15) is 0 Å². The molecule has 0 nitrogen and oxygen atoms in total. The first-order valence-corrected chi connectivity index (χ1v) is 9.13. The Labute approximate surface area is 153 Å². The number of hydrogen-bond donors (Lipinski definition) is 0. The summed E-state index contributed by atoms with van der Waals surface area (Å²) in [6.07, 6.45) is 0. The highest BCUT2D eigenvalue weighted by Crippen LogP contribution is 2.35. The van der Waals surface area contributed by atoms with Gasteiger partial charge in [0, 0.05) is 0 Å². The first kappa shape index (κ1) is 15.2. The summed E-state index contributed by atoms with van der Waals surface area (Å²) >= 11 is 0. The van der Waals surface area contributed by atoms with Crippen LogP contribution in [0.5, 0.6) is 0 Å². The Balaban J connectivity index is 1.79. The topological polar surface area (TPSA) is 0 Å². The third kappa shape index (κ3) is 2.23. The standard InChI is InChI=1S/C26H20/c1-17-23-9-5-6-10-24(23)18(2)26-16-22(13-14-25(17)26)21-12-11-19-7-3-4-8-20(19)15-21/h3-16H,1-2H3. The smallest absolute Gasteiger partial charge is 0.0139 e. The molecule has 0 fully saturated rings. The molecular formula is C26H20. The molecule has 0 aliphatic heterocycles. The molecule has 0 spiro atoms. The number of aryl methyl sites for hydroxylation is 2. The van der Waals surface area contributed by atoms with Crippen LogP contribution in [0.1, 0.15) is 11.1 Å². The summed E-state index contributed by atoms with van der Waals surface area (Å²) in [7, 11) is 0. The summed E-state index contributed by atoms with van der Waals surface area (Å²) in [5.41, 5.74) is 5.28. The van der Waals surface area contributed by atoms with Crippen LogP contribution in [-0.2, 0) is 0 Å². The van der Waals surface area contributed by atoms with Gasteiger partial charge in [-0.15, -0.1) is 0 Å². The van der Waals surface area contributed by atoms with Crippen molar-refractivity contribution in [2.24, 2.45) is 0 Å². The monoisotopic (exact) mass is 332 g/mol. The molecule has 0 bridgehead atoms. The number of benzene rings is 5. The predicted molar refractivity (Wildman–Crippen MR) is 114 cm³/mol. The summed E-state index contributed by atoms with van der Waals surface area (Å²) < 4.78 is 0. The second-order valence-corrected chi connectivity index (χ2v) is 7.12. The van der Waals surface area contributed by atoms with E-state index in [4.69, 9.17) is 0 Å². The van der Waals surface area contributed by atoms with Gasteiger partial charge in [-0.25, -0.2) is 0 Å². The van der Waals surface area contributed by atoms with Crippen LogP contribution >= 0.6 is 0 Å². The van der Waals surface area contributed by atoms with Crippen LogP contribution in [0, 0.1) is 13.8 Å². The first-order valence-electron chi connectivity index (χ1n) is 9.13. The molecule has 5 aromatic rings. The van der Waals surface area contributed by atoms with E-state index in [-0.39, 0.29) is 0 Å². The second kappa shape index (κ2) is 5.71. The number of fused-ring (bicyclic) bond motifs is 3. The van der Waals surface area contributed by atoms with E-state index in [9.17, 15) is 0 Å². The Morgan fingerprint density at radius 2 is 0.962 bits per heavy atom. The van der Waals surface area contributed by atoms with Crippen molar-refractivity contribution in [1.29, 1.82) is 0 Å². The average Bonchev–Trinajstić information content (AvgIpc) is 2.71. The summed E-state index contributed by atoms with van der Waals surface area (Å²) in [4.78, 5) is 0. The zero-order chi connectivity index (χ0) is 17.7. The minimum atomic E-state index is 1.27. The lowest BCUT2D eigenvalue weighted by molar-refractivity contribution is 1.52. The van der Waals surface area contributed by atoms with Crippen molar-refractivity contribution < 1.29 is 0 Å². The molecule has 0 saturated heterocycles. The quantitative estimate of drug-likeness (QED) is 0.280. The summed E-state index contributed by atoms with van der Waals surface area (Å²) in [6.45, 7) is 4.48. The van der Waals surface area contributed by atoms with Gasteiger partial charge < -0.3 is 0 Å². The highest BCUT2D eigenvalue weighted by atomic mass is 14.1. The fraction of sp³-hybridized carbons (Fsp3) is 0.0769. The maximum absolute atomic E-state index is 2.36. The van der Waals surface area contributed by atoms with E-state index in [2.05, 4.69) is 98.8 Å². The van der Waals surface area contributed by atoms with Crippen molar-refractivity contribution in [2.75, 3.05) is 0 Å². The van der Waals surface area contributed by atoms with Crippen LogP contribution in [0.3, 0.4) is 0 Å². The molecule has 0 aliphatic rings.